The molecule has 1 aromatic rings. The second-order valence-electron chi connectivity index (χ2n) is 7.82. The highest BCUT2D eigenvalue weighted by molar-refractivity contribution is 5.47. The van der Waals surface area contributed by atoms with Crippen LogP contribution >= 0.6 is 0 Å². The van der Waals surface area contributed by atoms with Crippen LogP contribution in [0, 0.1) is 17.8 Å². The highest BCUT2D eigenvalue weighted by Crippen LogP contribution is 2.52. The van der Waals surface area contributed by atoms with Crippen LogP contribution in [0.2, 0.25) is 0 Å². The van der Waals surface area contributed by atoms with Gasteiger partial charge in [0.2, 0.25) is 0 Å². The van der Waals surface area contributed by atoms with E-state index in [4.69, 9.17) is 14.2 Å². The van der Waals surface area contributed by atoms with E-state index >= 15 is 0 Å². The zero-order valence-electron chi connectivity index (χ0n) is 13.9. The Morgan fingerprint density at radius 2 is 1.57 bits per heavy atom. The number of hydrogen-bond donors (Lipinski definition) is 0. The van der Waals surface area contributed by atoms with E-state index in [0.29, 0.717) is 0 Å². The van der Waals surface area contributed by atoms with Gasteiger partial charge < -0.3 is 14.2 Å². The first-order chi connectivity index (χ1) is 9.76. The fourth-order valence-electron chi connectivity index (χ4n) is 3.51. The summed E-state index contributed by atoms with van der Waals surface area (Å²) in [5.41, 5.74) is 3.92. The van der Waals surface area contributed by atoms with Crippen LogP contribution in [0.25, 0.3) is 0 Å². The molecule has 3 rings (SSSR count). The summed E-state index contributed by atoms with van der Waals surface area (Å²) in [6, 6.07) is 4.42. The first-order valence-electron chi connectivity index (χ1n) is 7.68. The van der Waals surface area contributed by atoms with Crippen molar-refractivity contribution >= 4 is 0 Å². The topological polar surface area (TPSA) is 27.7 Å². The van der Waals surface area contributed by atoms with E-state index in [2.05, 4.69) is 46.8 Å². The van der Waals surface area contributed by atoms with Crippen molar-refractivity contribution in [3.05, 3.63) is 28.8 Å². The summed E-state index contributed by atoms with van der Waals surface area (Å²) in [4.78, 5) is 0. The van der Waals surface area contributed by atoms with Crippen LogP contribution in [0.3, 0.4) is 0 Å². The molecule has 2 aliphatic rings. The standard InChI is InChI=1S/C18H26O3/c1-11-7-12(15-17(2,3)9-20-15)8-13(14(11)19-6)16-18(4,5)10-21-16/h7-8,15-16H,9-10H2,1-6H3. The van der Waals surface area contributed by atoms with Gasteiger partial charge in [-0.2, -0.15) is 0 Å². The first kappa shape index (κ1) is 14.9. The van der Waals surface area contributed by atoms with Gasteiger partial charge in [-0.3, -0.25) is 0 Å². The molecule has 0 aliphatic carbocycles. The van der Waals surface area contributed by atoms with Crippen LogP contribution in [0.5, 0.6) is 5.75 Å². The molecule has 0 bridgehead atoms. The van der Waals surface area contributed by atoms with Gasteiger partial charge in [0.1, 0.15) is 5.75 Å². The van der Waals surface area contributed by atoms with Crippen LogP contribution in [0.1, 0.15) is 56.6 Å². The number of rotatable bonds is 3. The molecule has 0 N–H and O–H groups in total. The molecular weight excluding hydrogens is 264 g/mol. The third-order valence-electron chi connectivity index (χ3n) is 4.78. The van der Waals surface area contributed by atoms with Crippen LogP contribution < -0.4 is 4.74 Å². The third kappa shape index (κ3) is 2.27. The smallest absolute Gasteiger partial charge is 0.127 e. The van der Waals surface area contributed by atoms with Gasteiger partial charge in [0, 0.05) is 16.4 Å². The zero-order chi connectivity index (χ0) is 15.4. The third-order valence-corrected chi connectivity index (χ3v) is 4.78. The summed E-state index contributed by atoms with van der Waals surface area (Å²) in [6.45, 7) is 12.7. The molecule has 2 saturated heterocycles. The second kappa shape index (κ2) is 4.72. The molecule has 2 heterocycles. The number of hydrogen-bond acceptors (Lipinski definition) is 3. The van der Waals surface area contributed by atoms with Crippen molar-refractivity contribution < 1.29 is 14.2 Å². The normalized spacial score (nSPS) is 29.4. The molecule has 0 spiro atoms. The summed E-state index contributed by atoms with van der Waals surface area (Å²) in [5, 5.41) is 0. The van der Waals surface area contributed by atoms with E-state index in [1.165, 1.54) is 5.56 Å². The minimum absolute atomic E-state index is 0.106. The van der Waals surface area contributed by atoms with E-state index in [1.54, 1.807) is 7.11 Å². The first-order valence-corrected chi connectivity index (χ1v) is 7.68. The van der Waals surface area contributed by atoms with Crippen molar-refractivity contribution in [3.8, 4) is 5.75 Å². The van der Waals surface area contributed by atoms with Crippen LogP contribution in [0.15, 0.2) is 12.1 Å². The van der Waals surface area contributed by atoms with E-state index < -0.39 is 0 Å². The quantitative estimate of drug-likeness (QED) is 0.835. The maximum atomic E-state index is 5.85. The molecule has 1 aromatic carbocycles. The van der Waals surface area contributed by atoms with E-state index in [1.807, 2.05) is 0 Å². The molecule has 0 aromatic heterocycles. The maximum absolute atomic E-state index is 5.85. The van der Waals surface area contributed by atoms with Crippen molar-refractivity contribution in [2.75, 3.05) is 20.3 Å². The summed E-state index contributed by atoms with van der Waals surface area (Å²) in [7, 11) is 1.74. The molecule has 0 amide bonds. The largest absolute Gasteiger partial charge is 0.496 e. The number of ether oxygens (including phenoxy) is 3. The average molecular weight is 290 g/mol. The lowest BCUT2D eigenvalue weighted by Gasteiger charge is -2.47. The van der Waals surface area contributed by atoms with Gasteiger partial charge in [-0.05, 0) is 30.2 Å². The van der Waals surface area contributed by atoms with Gasteiger partial charge in [-0.15, -0.1) is 0 Å². The van der Waals surface area contributed by atoms with Gasteiger partial charge in [0.05, 0.1) is 32.5 Å². The van der Waals surface area contributed by atoms with Crippen molar-refractivity contribution in [1.29, 1.82) is 0 Å². The Balaban J connectivity index is 2.03. The molecule has 3 nitrogen and oxygen atoms in total. The summed E-state index contributed by atoms with van der Waals surface area (Å²) >= 11 is 0. The zero-order valence-corrected chi connectivity index (χ0v) is 13.9. The summed E-state index contributed by atoms with van der Waals surface area (Å²) in [5.74, 6) is 0.952. The van der Waals surface area contributed by atoms with Crippen molar-refractivity contribution in [2.45, 2.75) is 46.8 Å². The van der Waals surface area contributed by atoms with Crippen molar-refractivity contribution in [1.82, 2.24) is 0 Å². The molecular formula is C18H26O3. The van der Waals surface area contributed by atoms with E-state index in [0.717, 1.165) is 30.1 Å². The monoisotopic (exact) mass is 290 g/mol. The molecule has 2 aliphatic heterocycles. The molecule has 2 unspecified atom stereocenters. The Kier molecular flexibility index (Phi) is 3.34. The molecule has 116 valence electrons. The van der Waals surface area contributed by atoms with Crippen LogP contribution in [-0.4, -0.2) is 20.3 Å². The second-order valence-corrected chi connectivity index (χ2v) is 7.82. The Morgan fingerprint density at radius 3 is 1.95 bits per heavy atom. The van der Waals surface area contributed by atoms with Gasteiger partial charge >= 0.3 is 0 Å². The Morgan fingerprint density at radius 1 is 1.00 bits per heavy atom. The lowest BCUT2D eigenvalue weighted by atomic mass is 9.75. The van der Waals surface area contributed by atoms with Gasteiger partial charge in [-0.1, -0.05) is 27.7 Å². The molecule has 2 atom stereocenters. The SMILES string of the molecule is COc1c(C)cc(C2OCC2(C)C)cc1C1OCC1(C)C. The van der Waals surface area contributed by atoms with Gasteiger partial charge in [0.25, 0.3) is 0 Å². The Hall–Kier alpha value is -1.06. The Labute approximate surface area is 127 Å². The van der Waals surface area contributed by atoms with Crippen molar-refractivity contribution in [2.24, 2.45) is 10.8 Å². The molecule has 3 heteroatoms. The summed E-state index contributed by atoms with van der Waals surface area (Å²) < 4.78 is 17.3. The Bertz CT molecular complexity index is 560. The predicted molar refractivity (Wildman–Crippen MR) is 82.7 cm³/mol. The maximum Gasteiger partial charge on any atom is 0.127 e. The molecule has 2 fully saturated rings. The van der Waals surface area contributed by atoms with Crippen molar-refractivity contribution in [3.63, 3.8) is 0 Å². The van der Waals surface area contributed by atoms with E-state index in [9.17, 15) is 0 Å². The fourth-order valence-corrected chi connectivity index (χ4v) is 3.51. The highest BCUT2D eigenvalue weighted by atomic mass is 16.5. The van der Waals surface area contributed by atoms with Crippen LogP contribution in [-0.2, 0) is 9.47 Å². The molecule has 0 saturated carbocycles. The number of methoxy groups -OCH3 is 1. The van der Waals surface area contributed by atoms with Gasteiger partial charge in [-0.25, -0.2) is 0 Å². The van der Waals surface area contributed by atoms with E-state index in [-0.39, 0.29) is 23.0 Å². The number of aryl methyl sites for hydroxylation is 1. The predicted octanol–water partition coefficient (Wildman–Crippen LogP) is 4.20. The lowest BCUT2D eigenvalue weighted by Crippen LogP contribution is -2.42. The lowest BCUT2D eigenvalue weighted by molar-refractivity contribution is -0.175. The van der Waals surface area contributed by atoms with Gasteiger partial charge in [0.15, 0.2) is 0 Å². The minimum atomic E-state index is 0.106. The highest BCUT2D eigenvalue weighted by Gasteiger charge is 2.45. The molecule has 0 radical (unpaired) electrons. The number of benzene rings is 1. The fraction of sp³-hybridized carbons (Fsp3) is 0.667. The van der Waals surface area contributed by atoms with Crippen LogP contribution in [0.4, 0.5) is 0 Å². The minimum Gasteiger partial charge on any atom is -0.496 e. The average Bonchev–Trinajstić information content (AvgIpc) is 2.36. The molecule has 21 heavy (non-hydrogen) atoms. The summed E-state index contributed by atoms with van der Waals surface area (Å²) in [6.07, 6.45) is 0.276.